The number of rotatable bonds is 4. The fraction of sp³-hybridized carbons (Fsp3) is 0.350. The van der Waals surface area contributed by atoms with Crippen LogP contribution < -0.4 is 0 Å². The molecule has 3 aromatic rings. The lowest BCUT2D eigenvalue weighted by Crippen LogP contribution is -2.29. The number of fused-ring (bicyclic) bond motifs is 1. The molecule has 4 nitrogen and oxygen atoms in total. The summed E-state index contributed by atoms with van der Waals surface area (Å²) in [6.07, 6.45) is 2.20. The van der Waals surface area contributed by atoms with Crippen molar-refractivity contribution in [2.45, 2.75) is 31.8 Å². The highest BCUT2D eigenvalue weighted by Gasteiger charge is 2.20. The minimum absolute atomic E-state index is 0.152. The van der Waals surface area contributed by atoms with Crippen molar-refractivity contribution in [3.63, 3.8) is 0 Å². The Labute approximate surface area is 172 Å². The van der Waals surface area contributed by atoms with Crippen molar-refractivity contribution in [1.29, 1.82) is 0 Å². The van der Waals surface area contributed by atoms with Crippen molar-refractivity contribution in [1.82, 2.24) is 14.9 Å². The van der Waals surface area contributed by atoms with Gasteiger partial charge in [0.05, 0.1) is 11.1 Å². The van der Waals surface area contributed by atoms with Gasteiger partial charge in [-0.05, 0) is 37.8 Å². The predicted octanol–water partition coefficient (Wildman–Crippen LogP) is 5.34. The molecule has 7 heteroatoms. The molecule has 3 heterocycles. The van der Waals surface area contributed by atoms with Gasteiger partial charge in [-0.15, -0.1) is 11.3 Å². The molecule has 0 atom stereocenters. The molecule has 0 N–H and O–H groups in total. The van der Waals surface area contributed by atoms with Crippen LogP contribution in [0.25, 0.3) is 21.3 Å². The van der Waals surface area contributed by atoms with Gasteiger partial charge in [0.2, 0.25) is 5.91 Å². The largest absolute Gasteiger partial charge is 0.342 e. The average molecular weight is 418 g/mol. The van der Waals surface area contributed by atoms with E-state index in [1.807, 2.05) is 4.90 Å². The maximum Gasteiger partial charge on any atom is 0.233 e. The fourth-order valence-corrected chi connectivity index (χ4v) is 5.56. The zero-order valence-corrected chi connectivity index (χ0v) is 17.7. The van der Waals surface area contributed by atoms with Crippen LogP contribution in [0, 0.1) is 13.8 Å². The third-order valence-electron chi connectivity index (χ3n) is 4.82. The Balaban J connectivity index is 1.60. The average Bonchev–Trinajstić information content (AvgIpc) is 3.30. The first kappa shape index (κ1) is 18.7. The second-order valence-corrected chi connectivity index (χ2v) is 8.98. The normalized spacial score (nSPS) is 14.3. The highest BCUT2D eigenvalue weighted by molar-refractivity contribution is 7.99. The molecule has 0 bridgehead atoms. The molecule has 0 unspecified atom stereocenters. The number of amides is 1. The summed E-state index contributed by atoms with van der Waals surface area (Å²) in [5, 5.41) is 4.00. The molecule has 27 heavy (non-hydrogen) atoms. The molecule has 140 valence electrons. The van der Waals surface area contributed by atoms with Crippen LogP contribution in [0.1, 0.15) is 24.0 Å². The molecule has 0 aliphatic carbocycles. The molecule has 0 radical (unpaired) electrons. The lowest BCUT2D eigenvalue weighted by molar-refractivity contribution is -0.127. The lowest BCUT2D eigenvalue weighted by Gasteiger charge is -2.14. The summed E-state index contributed by atoms with van der Waals surface area (Å²) in [7, 11) is 0. The van der Waals surface area contributed by atoms with Crippen LogP contribution in [0.2, 0.25) is 5.15 Å². The quantitative estimate of drug-likeness (QED) is 0.326. The third kappa shape index (κ3) is 3.84. The summed E-state index contributed by atoms with van der Waals surface area (Å²) in [6.45, 7) is 5.93. The monoisotopic (exact) mass is 417 g/mol. The Hall–Kier alpha value is -1.63. The van der Waals surface area contributed by atoms with E-state index in [9.17, 15) is 4.79 Å². The van der Waals surface area contributed by atoms with Crippen molar-refractivity contribution in [2.75, 3.05) is 18.8 Å². The number of aromatic nitrogens is 2. The molecule has 0 saturated carbocycles. The number of benzene rings is 1. The maximum absolute atomic E-state index is 12.2. The predicted molar refractivity (Wildman–Crippen MR) is 114 cm³/mol. The SMILES string of the molecule is Cc1ccc(-c2csc3nc(SCC(=O)N4CCCC4)nc(Cl)c23)c(C)c1. The minimum Gasteiger partial charge on any atom is -0.342 e. The number of carbonyl (C=O) groups is 1. The van der Waals surface area contributed by atoms with E-state index >= 15 is 0 Å². The number of thioether (sulfide) groups is 1. The summed E-state index contributed by atoms with van der Waals surface area (Å²) >= 11 is 9.46. The molecule has 1 fully saturated rings. The van der Waals surface area contributed by atoms with E-state index in [1.54, 1.807) is 11.3 Å². The Morgan fingerprint density at radius 1 is 1.22 bits per heavy atom. The molecule has 1 aromatic carbocycles. The number of aryl methyl sites for hydroxylation is 2. The molecule has 1 aliphatic rings. The molecular formula is C20H20ClN3OS2. The van der Waals surface area contributed by atoms with Crippen LogP contribution in [-0.4, -0.2) is 39.6 Å². The van der Waals surface area contributed by atoms with Crippen LogP contribution in [0.15, 0.2) is 28.7 Å². The third-order valence-corrected chi connectivity index (χ3v) is 6.80. The van der Waals surface area contributed by atoms with Gasteiger partial charge in [0.25, 0.3) is 0 Å². The Morgan fingerprint density at radius 2 is 2.00 bits per heavy atom. The van der Waals surface area contributed by atoms with Crippen molar-refractivity contribution in [3.8, 4) is 11.1 Å². The van der Waals surface area contributed by atoms with Gasteiger partial charge in [0, 0.05) is 24.0 Å². The van der Waals surface area contributed by atoms with Gasteiger partial charge < -0.3 is 4.90 Å². The second kappa shape index (κ2) is 7.78. The van der Waals surface area contributed by atoms with E-state index in [0.29, 0.717) is 16.1 Å². The summed E-state index contributed by atoms with van der Waals surface area (Å²) in [6, 6.07) is 6.40. The van der Waals surface area contributed by atoms with Crippen LogP contribution in [0.4, 0.5) is 0 Å². The number of hydrogen-bond donors (Lipinski definition) is 0. The van der Waals surface area contributed by atoms with Crippen LogP contribution in [0.3, 0.4) is 0 Å². The first-order valence-corrected chi connectivity index (χ1v) is 11.2. The number of hydrogen-bond acceptors (Lipinski definition) is 5. The highest BCUT2D eigenvalue weighted by Crippen LogP contribution is 2.39. The molecule has 1 saturated heterocycles. The van der Waals surface area contributed by atoms with Gasteiger partial charge in [-0.3, -0.25) is 4.79 Å². The van der Waals surface area contributed by atoms with Crippen molar-refractivity contribution < 1.29 is 4.79 Å². The molecule has 1 aliphatic heterocycles. The molecule has 2 aromatic heterocycles. The molecule has 4 rings (SSSR count). The second-order valence-electron chi connectivity index (χ2n) is 6.82. The lowest BCUT2D eigenvalue weighted by atomic mass is 9.99. The van der Waals surface area contributed by atoms with Crippen LogP contribution in [-0.2, 0) is 4.79 Å². The van der Waals surface area contributed by atoms with E-state index in [2.05, 4.69) is 47.4 Å². The van der Waals surface area contributed by atoms with Gasteiger partial charge in [-0.2, -0.15) is 0 Å². The Kier molecular flexibility index (Phi) is 5.39. The number of halogens is 1. The minimum atomic E-state index is 0.152. The number of carbonyl (C=O) groups excluding carboxylic acids is 1. The first-order chi connectivity index (χ1) is 13.0. The molecular weight excluding hydrogens is 398 g/mol. The maximum atomic E-state index is 12.2. The van der Waals surface area contributed by atoms with Crippen molar-refractivity contribution in [3.05, 3.63) is 39.9 Å². The molecule has 1 amide bonds. The zero-order valence-electron chi connectivity index (χ0n) is 15.3. The molecule has 0 spiro atoms. The van der Waals surface area contributed by atoms with E-state index in [4.69, 9.17) is 11.6 Å². The van der Waals surface area contributed by atoms with Gasteiger partial charge in [0.1, 0.15) is 9.98 Å². The van der Waals surface area contributed by atoms with Gasteiger partial charge in [-0.25, -0.2) is 9.97 Å². The summed E-state index contributed by atoms with van der Waals surface area (Å²) in [4.78, 5) is 24.1. The topological polar surface area (TPSA) is 46.1 Å². The van der Waals surface area contributed by atoms with Gasteiger partial charge >= 0.3 is 0 Å². The van der Waals surface area contributed by atoms with Gasteiger partial charge in [0.15, 0.2) is 5.16 Å². The van der Waals surface area contributed by atoms with E-state index < -0.39 is 0 Å². The fourth-order valence-electron chi connectivity index (χ4n) is 3.44. The zero-order chi connectivity index (χ0) is 19.0. The van der Waals surface area contributed by atoms with E-state index in [1.165, 1.54) is 22.9 Å². The van der Waals surface area contributed by atoms with Crippen molar-refractivity contribution in [2.24, 2.45) is 0 Å². The standard InChI is InChI=1S/C20H20ClN3OS2/c1-12-5-6-14(13(2)9-12)15-10-26-19-17(15)18(21)22-20(23-19)27-11-16(25)24-7-3-4-8-24/h5-6,9-10H,3-4,7-8,11H2,1-2H3. The smallest absolute Gasteiger partial charge is 0.233 e. The van der Waals surface area contributed by atoms with Crippen LogP contribution >= 0.6 is 34.7 Å². The van der Waals surface area contributed by atoms with E-state index in [-0.39, 0.29) is 5.91 Å². The highest BCUT2D eigenvalue weighted by atomic mass is 35.5. The number of likely N-dealkylation sites (tertiary alicyclic amines) is 1. The van der Waals surface area contributed by atoms with E-state index in [0.717, 1.165) is 47.3 Å². The van der Waals surface area contributed by atoms with Crippen molar-refractivity contribution >= 4 is 50.8 Å². The number of nitrogens with zero attached hydrogens (tertiary/aromatic N) is 3. The summed E-state index contributed by atoms with van der Waals surface area (Å²) in [5.74, 6) is 0.511. The first-order valence-electron chi connectivity index (χ1n) is 8.96. The summed E-state index contributed by atoms with van der Waals surface area (Å²) in [5.41, 5.74) is 4.67. The Morgan fingerprint density at radius 3 is 2.74 bits per heavy atom. The number of thiophene rings is 1. The van der Waals surface area contributed by atoms with Gasteiger partial charge in [-0.1, -0.05) is 47.1 Å². The summed E-state index contributed by atoms with van der Waals surface area (Å²) < 4.78 is 0. The Bertz CT molecular complexity index is 1010. The van der Waals surface area contributed by atoms with Crippen LogP contribution in [0.5, 0.6) is 0 Å².